The number of halogens is 1. The third-order valence-electron chi connectivity index (χ3n) is 1.79. The van der Waals surface area contributed by atoms with Gasteiger partial charge in [0, 0.05) is 31.5 Å². The molecule has 0 aromatic rings. The van der Waals surface area contributed by atoms with Crippen LogP contribution < -0.4 is 16.4 Å². The SMILES string of the molecule is CC(C)(C)C(=O)NCCC(=O)NCCN.Cl. The second-order valence-electron chi connectivity index (χ2n) is 4.39. The minimum Gasteiger partial charge on any atom is -0.355 e. The lowest BCUT2D eigenvalue weighted by Gasteiger charge is -2.17. The molecule has 2 amide bonds. The van der Waals surface area contributed by atoms with Crippen molar-refractivity contribution in [3.05, 3.63) is 0 Å². The average molecular weight is 252 g/mol. The molecule has 0 radical (unpaired) electrons. The van der Waals surface area contributed by atoms with E-state index >= 15 is 0 Å². The molecule has 0 aliphatic rings. The van der Waals surface area contributed by atoms with Gasteiger partial charge in [-0.2, -0.15) is 0 Å². The van der Waals surface area contributed by atoms with E-state index in [1.165, 1.54) is 0 Å². The van der Waals surface area contributed by atoms with Crippen LogP contribution in [0.25, 0.3) is 0 Å². The van der Waals surface area contributed by atoms with Gasteiger partial charge in [-0.1, -0.05) is 20.8 Å². The molecule has 5 nitrogen and oxygen atoms in total. The Kier molecular flexibility index (Phi) is 9.18. The zero-order chi connectivity index (χ0) is 11.9. The second-order valence-corrected chi connectivity index (χ2v) is 4.39. The van der Waals surface area contributed by atoms with Gasteiger partial charge < -0.3 is 16.4 Å². The molecule has 0 atom stereocenters. The van der Waals surface area contributed by atoms with Crippen molar-refractivity contribution in [2.24, 2.45) is 11.1 Å². The number of nitrogens with two attached hydrogens (primary N) is 1. The molecule has 0 fully saturated rings. The summed E-state index contributed by atoms with van der Waals surface area (Å²) in [6.45, 7) is 6.77. The number of hydrogen-bond acceptors (Lipinski definition) is 3. The van der Waals surface area contributed by atoms with Crippen molar-refractivity contribution in [2.75, 3.05) is 19.6 Å². The second kappa shape index (κ2) is 8.35. The van der Waals surface area contributed by atoms with Crippen molar-refractivity contribution in [1.82, 2.24) is 10.6 Å². The molecule has 0 aliphatic carbocycles. The molecule has 96 valence electrons. The third kappa shape index (κ3) is 8.49. The first kappa shape index (κ1) is 17.6. The van der Waals surface area contributed by atoms with Gasteiger partial charge in [0.1, 0.15) is 0 Å². The van der Waals surface area contributed by atoms with Gasteiger partial charge in [0.25, 0.3) is 0 Å². The lowest BCUT2D eigenvalue weighted by Crippen LogP contribution is -2.38. The molecule has 6 heteroatoms. The van der Waals surface area contributed by atoms with Crippen molar-refractivity contribution in [2.45, 2.75) is 27.2 Å². The molecule has 0 saturated heterocycles. The largest absolute Gasteiger partial charge is 0.355 e. The Balaban J connectivity index is 0. The molecular formula is C10H22ClN3O2. The Bertz CT molecular complexity index is 227. The summed E-state index contributed by atoms with van der Waals surface area (Å²) in [6, 6.07) is 0. The van der Waals surface area contributed by atoms with Gasteiger partial charge in [-0.05, 0) is 0 Å². The van der Waals surface area contributed by atoms with Crippen LogP contribution in [-0.2, 0) is 9.59 Å². The van der Waals surface area contributed by atoms with Crippen molar-refractivity contribution >= 4 is 24.2 Å². The molecule has 0 unspecified atom stereocenters. The van der Waals surface area contributed by atoms with Crippen LogP contribution in [-0.4, -0.2) is 31.4 Å². The maximum absolute atomic E-state index is 11.4. The molecule has 0 spiro atoms. The summed E-state index contributed by atoms with van der Waals surface area (Å²) in [7, 11) is 0. The number of rotatable bonds is 5. The number of hydrogen-bond donors (Lipinski definition) is 3. The highest BCUT2D eigenvalue weighted by atomic mass is 35.5. The van der Waals surface area contributed by atoms with E-state index in [0.29, 0.717) is 26.1 Å². The molecule has 0 aromatic heterocycles. The predicted octanol–water partition coefficient (Wildman–Crippen LogP) is 0.0355. The molecule has 0 aliphatic heterocycles. The molecule has 0 aromatic carbocycles. The van der Waals surface area contributed by atoms with E-state index in [0.717, 1.165) is 0 Å². The van der Waals surface area contributed by atoms with Gasteiger partial charge in [0.05, 0.1) is 0 Å². The van der Waals surface area contributed by atoms with Gasteiger partial charge in [-0.15, -0.1) is 12.4 Å². The molecule has 0 bridgehead atoms. The third-order valence-corrected chi connectivity index (χ3v) is 1.79. The average Bonchev–Trinajstić information content (AvgIpc) is 2.13. The van der Waals surface area contributed by atoms with E-state index in [-0.39, 0.29) is 24.2 Å². The number of carbonyl (C=O) groups excluding carboxylic acids is 2. The molecule has 0 saturated carbocycles. The van der Waals surface area contributed by atoms with Crippen molar-refractivity contribution < 1.29 is 9.59 Å². The molecule has 16 heavy (non-hydrogen) atoms. The minimum absolute atomic E-state index is 0. The van der Waals surface area contributed by atoms with E-state index in [1.807, 2.05) is 20.8 Å². The zero-order valence-corrected chi connectivity index (χ0v) is 10.9. The van der Waals surface area contributed by atoms with E-state index in [4.69, 9.17) is 5.73 Å². The standard InChI is InChI=1S/C10H21N3O2.ClH/c1-10(2,3)9(15)13-6-4-8(14)12-7-5-11;/h4-7,11H2,1-3H3,(H,12,14)(H,13,15);1H. The summed E-state index contributed by atoms with van der Waals surface area (Å²) in [5.41, 5.74) is 4.82. The monoisotopic (exact) mass is 251 g/mol. The Morgan fingerprint density at radius 3 is 2.12 bits per heavy atom. The van der Waals surface area contributed by atoms with Crippen LogP contribution in [0.15, 0.2) is 0 Å². The van der Waals surface area contributed by atoms with E-state index in [1.54, 1.807) is 0 Å². The summed E-state index contributed by atoms with van der Waals surface area (Å²) in [5.74, 6) is -0.135. The first-order valence-corrected chi connectivity index (χ1v) is 5.13. The summed E-state index contributed by atoms with van der Waals surface area (Å²) in [5, 5.41) is 5.33. The smallest absolute Gasteiger partial charge is 0.225 e. The lowest BCUT2D eigenvalue weighted by atomic mass is 9.96. The maximum Gasteiger partial charge on any atom is 0.225 e. The molecular weight excluding hydrogens is 230 g/mol. The van der Waals surface area contributed by atoms with Crippen LogP contribution in [0, 0.1) is 5.41 Å². The van der Waals surface area contributed by atoms with Crippen LogP contribution in [0.5, 0.6) is 0 Å². The minimum atomic E-state index is -0.409. The lowest BCUT2D eigenvalue weighted by molar-refractivity contribution is -0.128. The maximum atomic E-state index is 11.4. The first-order chi connectivity index (χ1) is 6.88. The molecule has 4 N–H and O–H groups in total. The van der Waals surface area contributed by atoms with Gasteiger partial charge >= 0.3 is 0 Å². The highest BCUT2D eigenvalue weighted by Gasteiger charge is 2.20. The Morgan fingerprint density at radius 1 is 1.12 bits per heavy atom. The summed E-state index contributed by atoms with van der Waals surface area (Å²) >= 11 is 0. The summed E-state index contributed by atoms with van der Waals surface area (Å²) < 4.78 is 0. The topological polar surface area (TPSA) is 84.2 Å². The summed E-state index contributed by atoms with van der Waals surface area (Å²) in [4.78, 5) is 22.5. The van der Waals surface area contributed by atoms with E-state index in [2.05, 4.69) is 10.6 Å². The van der Waals surface area contributed by atoms with Gasteiger partial charge in [0.2, 0.25) is 11.8 Å². The fraction of sp³-hybridized carbons (Fsp3) is 0.800. The molecule has 0 rings (SSSR count). The first-order valence-electron chi connectivity index (χ1n) is 5.13. The Morgan fingerprint density at radius 2 is 1.69 bits per heavy atom. The fourth-order valence-electron chi connectivity index (χ4n) is 0.855. The quantitative estimate of drug-likeness (QED) is 0.645. The van der Waals surface area contributed by atoms with Gasteiger partial charge in [0.15, 0.2) is 0 Å². The predicted molar refractivity (Wildman–Crippen MR) is 66.4 cm³/mol. The Hall–Kier alpha value is -0.810. The Labute approximate surface area is 103 Å². The number of nitrogens with one attached hydrogen (secondary N) is 2. The normalized spacial score (nSPS) is 10.2. The van der Waals surface area contributed by atoms with Crippen molar-refractivity contribution in [3.63, 3.8) is 0 Å². The zero-order valence-electron chi connectivity index (χ0n) is 10.1. The summed E-state index contributed by atoms with van der Waals surface area (Å²) in [6.07, 6.45) is 0.293. The van der Waals surface area contributed by atoms with Gasteiger partial charge in [-0.3, -0.25) is 9.59 Å². The molecule has 0 heterocycles. The van der Waals surface area contributed by atoms with Gasteiger partial charge in [-0.25, -0.2) is 0 Å². The van der Waals surface area contributed by atoms with Crippen molar-refractivity contribution in [1.29, 1.82) is 0 Å². The number of carbonyl (C=O) groups is 2. The van der Waals surface area contributed by atoms with E-state index < -0.39 is 5.41 Å². The van der Waals surface area contributed by atoms with Crippen LogP contribution >= 0.6 is 12.4 Å². The van der Waals surface area contributed by atoms with Crippen LogP contribution in [0.1, 0.15) is 27.2 Å². The van der Waals surface area contributed by atoms with Crippen LogP contribution in [0.2, 0.25) is 0 Å². The highest BCUT2D eigenvalue weighted by Crippen LogP contribution is 2.11. The van der Waals surface area contributed by atoms with E-state index in [9.17, 15) is 9.59 Å². The van der Waals surface area contributed by atoms with Crippen molar-refractivity contribution in [3.8, 4) is 0 Å². The number of amides is 2. The highest BCUT2D eigenvalue weighted by molar-refractivity contribution is 5.85. The van der Waals surface area contributed by atoms with Crippen LogP contribution in [0.3, 0.4) is 0 Å². The van der Waals surface area contributed by atoms with Crippen LogP contribution in [0.4, 0.5) is 0 Å². The fourth-order valence-corrected chi connectivity index (χ4v) is 0.855.